The van der Waals surface area contributed by atoms with Crippen LogP contribution in [0.2, 0.25) is 0 Å². The second-order valence-electron chi connectivity index (χ2n) is 8.30. The summed E-state index contributed by atoms with van der Waals surface area (Å²) in [6.07, 6.45) is -0.578. The van der Waals surface area contributed by atoms with Gasteiger partial charge < -0.3 is 15.8 Å². The fraction of sp³-hybridized carbons (Fsp3) is 0.375. The molecule has 0 fully saturated rings. The average molecular weight is 490 g/mol. The number of sulfonamides is 1. The van der Waals surface area contributed by atoms with Crippen molar-refractivity contribution in [1.29, 1.82) is 0 Å². The van der Waals surface area contributed by atoms with Gasteiger partial charge in [-0.25, -0.2) is 17.9 Å². The molecule has 0 bridgehead atoms. The Balaban J connectivity index is 1.93. The number of hydrogen-bond acceptors (Lipinski definition) is 7. The molecule has 9 nitrogen and oxygen atoms in total. The first kappa shape index (κ1) is 27.2. The fourth-order valence-corrected chi connectivity index (χ4v) is 4.23. The molecule has 2 aromatic rings. The van der Waals surface area contributed by atoms with E-state index in [0.29, 0.717) is 5.56 Å². The van der Waals surface area contributed by atoms with Gasteiger partial charge in [0.25, 0.3) is 0 Å². The van der Waals surface area contributed by atoms with Gasteiger partial charge in [-0.15, -0.1) is 0 Å². The minimum Gasteiger partial charge on any atom is -0.445 e. The molecule has 0 aromatic heterocycles. The van der Waals surface area contributed by atoms with Crippen molar-refractivity contribution in [1.82, 2.24) is 10.0 Å². The Morgan fingerprint density at radius 1 is 0.941 bits per heavy atom. The number of benzene rings is 2. The Labute approximate surface area is 200 Å². The van der Waals surface area contributed by atoms with E-state index in [4.69, 9.17) is 10.5 Å². The van der Waals surface area contributed by atoms with Gasteiger partial charge in [-0.3, -0.25) is 9.59 Å². The number of nitrogens with one attached hydrogen (secondary N) is 2. The average Bonchev–Trinajstić information content (AvgIpc) is 2.80. The highest BCUT2D eigenvalue weighted by Gasteiger charge is 2.31. The summed E-state index contributed by atoms with van der Waals surface area (Å²) in [4.78, 5) is 37.5. The maximum atomic E-state index is 12.9. The zero-order valence-corrected chi connectivity index (χ0v) is 20.1. The number of alkyl carbamates (subject to hydrolysis) is 1. The van der Waals surface area contributed by atoms with Gasteiger partial charge in [0, 0.05) is 0 Å². The van der Waals surface area contributed by atoms with E-state index in [1.807, 2.05) is 19.9 Å². The molecule has 10 heteroatoms. The number of ketones is 2. The highest BCUT2D eigenvalue weighted by atomic mass is 32.2. The Morgan fingerprint density at radius 3 is 2.06 bits per heavy atom. The molecule has 0 saturated carbocycles. The number of rotatable bonds is 13. The van der Waals surface area contributed by atoms with Crippen LogP contribution in [0.3, 0.4) is 0 Å². The van der Waals surface area contributed by atoms with E-state index in [9.17, 15) is 22.8 Å². The second kappa shape index (κ2) is 13.0. The molecule has 34 heavy (non-hydrogen) atoms. The zero-order valence-electron chi connectivity index (χ0n) is 19.3. The van der Waals surface area contributed by atoms with E-state index < -0.39 is 46.3 Å². The van der Waals surface area contributed by atoms with Gasteiger partial charge in [0.2, 0.25) is 10.0 Å². The molecule has 0 spiro atoms. The van der Waals surface area contributed by atoms with Crippen LogP contribution in [0.5, 0.6) is 0 Å². The normalized spacial score (nSPS) is 13.2. The van der Waals surface area contributed by atoms with Gasteiger partial charge in [-0.1, -0.05) is 74.5 Å². The first-order valence-electron chi connectivity index (χ1n) is 10.9. The fourth-order valence-electron chi connectivity index (χ4n) is 3.14. The Hall–Kier alpha value is -3.08. The van der Waals surface area contributed by atoms with E-state index in [2.05, 4.69) is 10.0 Å². The van der Waals surface area contributed by atoms with Crippen molar-refractivity contribution in [3.05, 3.63) is 71.8 Å². The molecule has 0 aliphatic carbocycles. The highest BCUT2D eigenvalue weighted by Crippen LogP contribution is 2.09. The molecule has 1 unspecified atom stereocenters. The van der Waals surface area contributed by atoms with Crippen molar-refractivity contribution in [3.63, 3.8) is 0 Å². The third-order valence-electron chi connectivity index (χ3n) is 4.87. The van der Waals surface area contributed by atoms with Crippen LogP contribution in [0.4, 0.5) is 4.79 Å². The largest absolute Gasteiger partial charge is 0.445 e. The lowest BCUT2D eigenvalue weighted by atomic mass is 9.95. The van der Waals surface area contributed by atoms with Crippen LogP contribution in [0, 0.1) is 5.92 Å². The summed E-state index contributed by atoms with van der Waals surface area (Å²) in [7, 11) is -3.81. The molecule has 0 aliphatic heterocycles. The number of ether oxygens (including phenoxy) is 1. The van der Waals surface area contributed by atoms with Crippen molar-refractivity contribution in [2.24, 2.45) is 11.7 Å². The minimum absolute atomic E-state index is 0.00931. The summed E-state index contributed by atoms with van der Waals surface area (Å²) >= 11 is 0. The van der Waals surface area contributed by atoms with E-state index in [-0.39, 0.29) is 24.7 Å². The molecule has 2 atom stereocenters. The summed E-state index contributed by atoms with van der Waals surface area (Å²) < 4.78 is 31.8. The number of carbonyl (C=O) groups is 3. The van der Waals surface area contributed by atoms with Crippen LogP contribution in [0.25, 0.3) is 0 Å². The summed E-state index contributed by atoms with van der Waals surface area (Å²) in [6, 6.07) is 14.8. The molecule has 2 aromatic carbocycles. The van der Waals surface area contributed by atoms with Crippen molar-refractivity contribution < 1.29 is 27.5 Å². The smallest absolute Gasteiger partial charge is 0.408 e. The molecule has 0 aliphatic rings. The molecule has 4 N–H and O–H groups in total. The maximum absolute atomic E-state index is 12.9. The zero-order chi connectivity index (χ0) is 25.1. The van der Waals surface area contributed by atoms with Crippen LogP contribution >= 0.6 is 0 Å². The minimum atomic E-state index is -3.81. The van der Waals surface area contributed by atoms with Crippen LogP contribution in [0.1, 0.15) is 31.4 Å². The number of hydrogen-bond donors (Lipinski definition) is 3. The van der Waals surface area contributed by atoms with Crippen molar-refractivity contribution >= 4 is 27.7 Å². The van der Waals surface area contributed by atoms with E-state index in [1.165, 1.54) is 0 Å². The highest BCUT2D eigenvalue weighted by molar-refractivity contribution is 7.88. The summed E-state index contributed by atoms with van der Waals surface area (Å²) in [5, 5.41) is 2.48. The first-order valence-corrected chi connectivity index (χ1v) is 12.5. The molecular weight excluding hydrogens is 458 g/mol. The SMILES string of the molecule is CC(C)C[C@H](NC(=O)OCc1ccccc1)C(=O)C(N)C(=O)CNS(=O)(=O)Cc1ccccc1. The van der Waals surface area contributed by atoms with Gasteiger partial charge in [-0.2, -0.15) is 0 Å². The van der Waals surface area contributed by atoms with Crippen LogP contribution in [0.15, 0.2) is 60.7 Å². The van der Waals surface area contributed by atoms with Gasteiger partial charge in [0.05, 0.1) is 18.3 Å². The van der Waals surface area contributed by atoms with Crippen molar-refractivity contribution in [2.45, 2.75) is 44.7 Å². The monoisotopic (exact) mass is 489 g/mol. The second-order valence-corrected chi connectivity index (χ2v) is 10.1. The quantitative estimate of drug-likeness (QED) is 0.365. The third kappa shape index (κ3) is 9.42. The third-order valence-corrected chi connectivity index (χ3v) is 6.17. The molecule has 1 amide bonds. The van der Waals surface area contributed by atoms with E-state index >= 15 is 0 Å². The van der Waals surface area contributed by atoms with Gasteiger partial charge in [-0.05, 0) is 23.5 Å². The van der Waals surface area contributed by atoms with Crippen LogP contribution in [-0.4, -0.2) is 44.7 Å². The predicted molar refractivity (Wildman–Crippen MR) is 128 cm³/mol. The summed E-state index contributed by atoms with van der Waals surface area (Å²) in [5.74, 6) is -1.81. The Bertz CT molecular complexity index is 1060. The van der Waals surface area contributed by atoms with Gasteiger partial charge >= 0.3 is 6.09 Å². The van der Waals surface area contributed by atoms with Crippen molar-refractivity contribution in [3.8, 4) is 0 Å². The number of nitrogens with two attached hydrogens (primary N) is 1. The van der Waals surface area contributed by atoms with Crippen LogP contribution < -0.4 is 15.8 Å². The number of carbonyl (C=O) groups excluding carboxylic acids is 3. The summed E-state index contributed by atoms with van der Waals surface area (Å²) in [6.45, 7) is 3.09. The molecule has 184 valence electrons. The Kier molecular flexibility index (Phi) is 10.4. The number of Topliss-reactive ketones (excluding diaryl/α,β-unsaturated/α-hetero) is 2. The topological polar surface area (TPSA) is 145 Å². The molecule has 2 rings (SSSR count). The molecular formula is C24H31N3O6S. The predicted octanol–water partition coefficient (Wildman–Crippen LogP) is 1.91. The Morgan fingerprint density at radius 2 is 1.50 bits per heavy atom. The van der Waals surface area contributed by atoms with Gasteiger partial charge in [0.1, 0.15) is 12.6 Å². The molecule has 0 heterocycles. The van der Waals surface area contributed by atoms with Crippen molar-refractivity contribution in [2.75, 3.05) is 6.54 Å². The molecule has 0 saturated heterocycles. The maximum Gasteiger partial charge on any atom is 0.408 e. The standard InChI is InChI=1S/C24H31N3O6S/c1-17(2)13-20(27-24(30)33-15-18-9-5-3-6-10-18)23(29)22(25)21(28)14-26-34(31,32)16-19-11-7-4-8-12-19/h3-12,17,20,22,26H,13-16,25H2,1-2H3,(H,27,30)/t20-,22?/m0/s1. The number of amides is 1. The lowest BCUT2D eigenvalue weighted by molar-refractivity contribution is -0.129. The van der Waals surface area contributed by atoms with Crippen LogP contribution in [-0.2, 0) is 36.7 Å². The summed E-state index contributed by atoms with van der Waals surface area (Å²) in [5.41, 5.74) is 7.16. The van der Waals surface area contributed by atoms with Gasteiger partial charge in [0.15, 0.2) is 11.6 Å². The van der Waals surface area contributed by atoms with E-state index in [1.54, 1.807) is 54.6 Å². The lowest BCUT2D eigenvalue weighted by Gasteiger charge is -2.22. The lowest BCUT2D eigenvalue weighted by Crippen LogP contribution is -2.53. The molecule has 0 radical (unpaired) electrons. The van der Waals surface area contributed by atoms with E-state index in [0.717, 1.165) is 5.56 Å². The first-order chi connectivity index (χ1) is 16.1.